The number of nitrogens with zero attached hydrogens (tertiary/aromatic N) is 1. The number of ether oxygens (including phenoxy) is 3. The molecule has 0 amide bonds. The Balaban J connectivity index is 1.86. The quantitative estimate of drug-likeness (QED) is 0.173. The predicted molar refractivity (Wildman–Crippen MR) is 170 cm³/mol. The van der Waals surface area contributed by atoms with Crippen LogP contribution in [0.2, 0.25) is 0 Å². The maximum Gasteiger partial charge on any atom is 0.306 e. The largest absolute Gasteiger partial charge is 0.496 e. The molecule has 0 fully saturated rings. The molecular formula is C30H31NO12S3. The Hall–Kier alpha value is -4.54. The SMILES string of the molecule is COc1cc(-c2ccc(OS(C)(=O)=O)cc2)c(OC)c(OS(C)(=O)=O)c1-c1ccc(OCCc2ccccn2)c(OS(C)(=O)=O)c1. The van der Waals surface area contributed by atoms with Crippen LogP contribution in [0.5, 0.6) is 34.5 Å². The van der Waals surface area contributed by atoms with E-state index >= 15 is 0 Å². The average molecular weight is 694 g/mol. The summed E-state index contributed by atoms with van der Waals surface area (Å²) in [5, 5.41) is 0. The second-order valence-corrected chi connectivity index (χ2v) is 14.6. The monoisotopic (exact) mass is 693 g/mol. The first-order chi connectivity index (χ1) is 21.6. The molecule has 4 aromatic rings. The van der Waals surface area contributed by atoms with Crippen molar-refractivity contribution >= 4 is 30.4 Å². The van der Waals surface area contributed by atoms with Crippen LogP contribution in [0.25, 0.3) is 22.3 Å². The van der Waals surface area contributed by atoms with Crippen LogP contribution in [-0.4, -0.2) is 69.8 Å². The molecule has 1 aromatic heterocycles. The van der Waals surface area contributed by atoms with Crippen LogP contribution >= 0.6 is 0 Å². The number of rotatable bonds is 14. The maximum atomic E-state index is 12.5. The van der Waals surface area contributed by atoms with E-state index in [1.165, 1.54) is 50.6 Å². The summed E-state index contributed by atoms with van der Waals surface area (Å²) < 4.78 is 105. The zero-order valence-electron chi connectivity index (χ0n) is 25.4. The van der Waals surface area contributed by atoms with E-state index in [4.69, 9.17) is 26.8 Å². The van der Waals surface area contributed by atoms with Crippen molar-refractivity contribution in [1.82, 2.24) is 4.98 Å². The van der Waals surface area contributed by atoms with Gasteiger partial charge < -0.3 is 26.8 Å². The molecule has 0 bridgehead atoms. The van der Waals surface area contributed by atoms with E-state index in [2.05, 4.69) is 4.98 Å². The lowest BCUT2D eigenvalue weighted by atomic mass is 9.96. The van der Waals surface area contributed by atoms with Crippen LogP contribution < -0.4 is 26.8 Å². The van der Waals surface area contributed by atoms with E-state index in [0.717, 1.165) is 24.5 Å². The van der Waals surface area contributed by atoms with Gasteiger partial charge in [-0.25, -0.2) is 0 Å². The molecule has 3 aromatic carbocycles. The van der Waals surface area contributed by atoms with E-state index in [9.17, 15) is 25.3 Å². The standard InChI is InChI=1S/C30H31NO12S3/c1-38-27-19-24(20-9-12-23(13-10-20)41-44(3,32)33)29(39-2)30(43-46(5,36)37)28(27)21-11-14-25(26(18-21)42-45(4,34)35)40-17-15-22-8-6-7-16-31-22/h6-14,16,18-19H,15,17H2,1-5H3. The number of pyridine rings is 1. The Kier molecular flexibility index (Phi) is 10.3. The molecule has 0 N–H and O–H groups in total. The van der Waals surface area contributed by atoms with E-state index < -0.39 is 30.4 Å². The lowest BCUT2D eigenvalue weighted by Gasteiger charge is -2.21. The lowest BCUT2D eigenvalue weighted by Crippen LogP contribution is -2.10. The summed E-state index contributed by atoms with van der Waals surface area (Å²) in [6.07, 6.45) is 4.72. The molecule has 246 valence electrons. The fourth-order valence-corrected chi connectivity index (χ4v) is 5.77. The van der Waals surface area contributed by atoms with E-state index in [0.29, 0.717) is 17.5 Å². The molecule has 0 spiro atoms. The minimum atomic E-state index is -4.16. The Morgan fingerprint density at radius 2 is 1.28 bits per heavy atom. The van der Waals surface area contributed by atoms with Gasteiger partial charge in [-0.15, -0.1) is 0 Å². The third-order valence-electron chi connectivity index (χ3n) is 6.09. The van der Waals surface area contributed by atoms with Crippen molar-refractivity contribution in [3.8, 4) is 56.8 Å². The number of aromatic nitrogens is 1. The molecule has 0 aliphatic rings. The smallest absolute Gasteiger partial charge is 0.306 e. The topological polar surface area (TPSA) is 171 Å². The van der Waals surface area contributed by atoms with Crippen molar-refractivity contribution in [1.29, 1.82) is 0 Å². The summed E-state index contributed by atoms with van der Waals surface area (Å²) in [5.41, 5.74) is 1.91. The molecule has 0 aliphatic carbocycles. The molecule has 0 unspecified atom stereocenters. The van der Waals surface area contributed by atoms with Crippen molar-refractivity contribution in [3.63, 3.8) is 0 Å². The van der Waals surface area contributed by atoms with Crippen molar-refractivity contribution < 1.29 is 52.0 Å². The second kappa shape index (κ2) is 13.8. The Morgan fingerprint density at radius 3 is 1.85 bits per heavy atom. The molecular weight excluding hydrogens is 663 g/mol. The van der Waals surface area contributed by atoms with Crippen LogP contribution in [0.3, 0.4) is 0 Å². The van der Waals surface area contributed by atoms with Crippen molar-refractivity contribution in [2.45, 2.75) is 6.42 Å². The molecule has 1 heterocycles. The Bertz CT molecular complexity index is 2030. The van der Waals surface area contributed by atoms with Gasteiger partial charge in [0.25, 0.3) is 0 Å². The molecule has 46 heavy (non-hydrogen) atoms. The highest BCUT2D eigenvalue weighted by molar-refractivity contribution is 7.86. The van der Waals surface area contributed by atoms with Crippen LogP contribution in [-0.2, 0) is 36.8 Å². The van der Waals surface area contributed by atoms with Crippen molar-refractivity contribution in [2.75, 3.05) is 39.6 Å². The first-order valence-corrected chi connectivity index (χ1v) is 18.8. The summed E-state index contributed by atoms with van der Waals surface area (Å²) in [6.45, 7) is 0.152. The van der Waals surface area contributed by atoms with Gasteiger partial charge in [0.2, 0.25) is 0 Å². The molecule has 0 saturated heterocycles. The maximum absolute atomic E-state index is 12.5. The number of hydrogen-bond acceptors (Lipinski definition) is 13. The number of hydrogen-bond donors (Lipinski definition) is 0. The minimum absolute atomic E-state index is 0.0146. The lowest BCUT2D eigenvalue weighted by molar-refractivity contribution is 0.310. The highest BCUT2D eigenvalue weighted by atomic mass is 32.2. The molecule has 16 heteroatoms. The van der Waals surface area contributed by atoms with Gasteiger partial charge in [0.1, 0.15) is 11.5 Å². The zero-order chi connectivity index (χ0) is 33.7. The van der Waals surface area contributed by atoms with Gasteiger partial charge in [-0.05, 0) is 53.6 Å². The van der Waals surface area contributed by atoms with Crippen LogP contribution in [0.15, 0.2) is 72.9 Å². The summed E-state index contributed by atoms with van der Waals surface area (Å²) in [4.78, 5) is 4.24. The minimum Gasteiger partial charge on any atom is -0.496 e. The molecule has 13 nitrogen and oxygen atoms in total. The van der Waals surface area contributed by atoms with Gasteiger partial charge in [0.05, 0.1) is 45.2 Å². The molecule has 0 aliphatic heterocycles. The normalized spacial score (nSPS) is 11.8. The van der Waals surface area contributed by atoms with Crippen molar-refractivity contribution in [2.24, 2.45) is 0 Å². The van der Waals surface area contributed by atoms with Gasteiger partial charge in [-0.2, -0.15) is 25.3 Å². The van der Waals surface area contributed by atoms with Gasteiger partial charge in [0, 0.05) is 23.9 Å². The van der Waals surface area contributed by atoms with Gasteiger partial charge in [0.15, 0.2) is 23.0 Å². The van der Waals surface area contributed by atoms with Gasteiger partial charge in [-0.3, -0.25) is 4.98 Å². The third kappa shape index (κ3) is 9.24. The molecule has 0 atom stereocenters. The van der Waals surface area contributed by atoms with E-state index in [-0.39, 0.29) is 52.2 Å². The summed E-state index contributed by atoms with van der Waals surface area (Å²) >= 11 is 0. The highest BCUT2D eigenvalue weighted by Gasteiger charge is 2.27. The van der Waals surface area contributed by atoms with Gasteiger partial charge in [-0.1, -0.05) is 24.3 Å². The second-order valence-electron chi connectivity index (χ2n) is 9.83. The van der Waals surface area contributed by atoms with Crippen LogP contribution in [0.4, 0.5) is 0 Å². The third-order valence-corrected chi connectivity index (χ3v) is 7.53. The molecule has 0 radical (unpaired) electrons. The fraction of sp³-hybridized carbons (Fsp3) is 0.233. The van der Waals surface area contributed by atoms with Crippen molar-refractivity contribution in [3.05, 3.63) is 78.6 Å². The average Bonchev–Trinajstić information content (AvgIpc) is 2.96. The number of benzene rings is 3. The molecule has 4 rings (SSSR count). The first-order valence-electron chi connectivity index (χ1n) is 13.3. The predicted octanol–water partition coefficient (Wildman–Crippen LogP) is 4.07. The van der Waals surface area contributed by atoms with E-state index in [1.54, 1.807) is 24.4 Å². The number of methoxy groups -OCH3 is 2. The Morgan fingerprint density at radius 1 is 0.630 bits per heavy atom. The Labute approximate surface area is 268 Å². The highest BCUT2D eigenvalue weighted by Crippen LogP contribution is 2.51. The first kappa shape index (κ1) is 34.3. The summed E-state index contributed by atoms with van der Waals surface area (Å²) in [5.74, 6) is -0.154. The van der Waals surface area contributed by atoms with Crippen LogP contribution in [0, 0.1) is 0 Å². The van der Waals surface area contributed by atoms with Gasteiger partial charge >= 0.3 is 30.4 Å². The van der Waals surface area contributed by atoms with Crippen LogP contribution in [0.1, 0.15) is 5.69 Å². The molecule has 0 saturated carbocycles. The van der Waals surface area contributed by atoms with E-state index in [1.807, 2.05) is 12.1 Å². The summed E-state index contributed by atoms with van der Waals surface area (Å²) in [7, 11) is -9.29. The fourth-order valence-electron chi connectivity index (χ4n) is 4.39. The summed E-state index contributed by atoms with van der Waals surface area (Å²) in [6, 6.07) is 17.3. The zero-order valence-corrected chi connectivity index (χ0v) is 27.9.